The third kappa shape index (κ3) is 5.53. The van der Waals surface area contributed by atoms with Crippen molar-refractivity contribution in [2.45, 2.75) is 45.1 Å². The van der Waals surface area contributed by atoms with E-state index in [0.29, 0.717) is 19.3 Å². The van der Waals surface area contributed by atoms with Gasteiger partial charge in [0.1, 0.15) is 0 Å². The molecule has 0 spiro atoms. The van der Waals surface area contributed by atoms with Crippen LogP contribution in [0.1, 0.15) is 37.8 Å². The second-order valence-electron chi connectivity index (χ2n) is 4.66. The number of halogens is 5. The third-order valence-electron chi connectivity index (χ3n) is 3.01. The van der Waals surface area contributed by atoms with Gasteiger partial charge < -0.3 is 9.47 Å². The summed E-state index contributed by atoms with van der Waals surface area (Å²) < 4.78 is 76.2. The van der Waals surface area contributed by atoms with Gasteiger partial charge in [-0.1, -0.05) is 12.1 Å². The van der Waals surface area contributed by atoms with Crippen LogP contribution < -0.4 is 0 Å². The minimum Gasteiger partial charge on any atom is -0.353 e. The van der Waals surface area contributed by atoms with E-state index < -0.39 is 35.9 Å². The molecule has 0 aliphatic rings. The Kier molecular flexibility index (Phi) is 6.74. The molecule has 0 aromatic heterocycles. The summed E-state index contributed by atoms with van der Waals surface area (Å²) in [5, 5.41) is 0. The minimum absolute atomic E-state index is 0.106. The molecule has 0 aliphatic carbocycles. The van der Waals surface area contributed by atoms with Gasteiger partial charge in [0, 0.05) is 31.6 Å². The maximum Gasteiger partial charge on any atom is 0.416 e. The fourth-order valence-corrected chi connectivity index (χ4v) is 1.95. The van der Waals surface area contributed by atoms with Crippen molar-refractivity contribution in [3.05, 3.63) is 35.4 Å². The largest absolute Gasteiger partial charge is 0.416 e. The number of ether oxygens (including phenoxy) is 2. The first-order chi connectivity index (χ1) is 10.2. The Labute approximate surface area is 126 Å². The predicted octanol–water partition coefficient (Wildman–Crippen LogP) is 4.98. The Hall–Kier alpha value is -1.21. The number of benzene rings is 1. The van der Waals surface area contributed by atoms with Crippen LogP contribution in [0.25, 0.3) is 0 Å². The van der Waals surface area contributed by atoms with Crippen molar-refractivity contribution in [1.29, 1.82) is 0 Å². The van der Waals surface area contributed by atoms with Crippen molar-refractivity contribution in [2.75, 3.05) is 13.2 Å². The number of rotatable bonds is 8. The summed E-state index contributed by atoms with van der Waals surface area (Å²) in [5.41, 5.74) is -1.75. The summed E-state index contributed by atoms with van der Waals surface area (Å²) in [5.74, 6) is -3.38. The van der Waals surface area contributed by atoms with E-state index in [9.17, 15) is 22.0 Å². The lowest BCUT2D eigenvalue weighted by atomic mass is 10.0. The minimum atomic E-state index is -4.65. The van der Waals surface area contributed by atoms with E-state index in [4.69, 9.17) is 9.47 Å². The van der Waals surface area contributed by atoms with Crippen LogP contribution in [0.4, 0.5) is 22.0 Å². The van der Waals surface area contributed by atoms with Gasteiger partial charge in [-0.3, -0.25) is 0 Å². The lowest BCUT2D eigenvalue weighted by molar-refractivity contribution is -0.152. The van der Waals surface area contributed by atoms with Crippen LogP contribution in [0, 0.1) is 0 Å². The molecule has 0 amide bonds. The smallest absolute Gasteiger partial charge is 0.353 e. The standard InChI is InChI=1S/C15H19F5O2/c1-3-21-13(22-4-2)8-9-14(16,17)11-6-5-7-12(10-11)15(18,19)20/h5-7,10,13H,3-4,8-9H2,1-2H3. The molecule has 0 aliphatic heterocycles. The van der Waals surface area contributed by atoms with Crippen LogP contribution >= 0.6 is 0 Å². The van der Waals surface area contributed by atoms with Gasteiger partial charge in [-0.25, -0.2) is 8.78 Å². The van der Waals surface area contributed by atoms with Crippen LogP contribution in [0.3, 0.4) is 0 Å². The zero-order chi connectivity index (χ0) is 16.8. The average molecular weight is 326 g/mol. The Morgan fingerprint density at radius 2 is 1.50 bits per heavy atom. The third-order valence-corrected chi connectivity index (χ3v) is 3.01. The highest BCUT2D eigenvalue weighted by molar-refractivity contribution is 5.28. The maximum absolute atomic E-state index is 14.1. The Morgan fingerprint density at radius 1 is 0.955 bits per heavy atom. The molecule has 0 bridgehead atoms. The molecule has 7 heteroatoms. The van der Waals surface area contributed by atoms with Crippen LogP contribution in [-0.2, 0) is 21.6 Å². The van der Waals surface area contributed by atoms with Crippen LogP contribution in [0.2, 0.25) is 0 Å². The Morgan fingerprint density at radius 3 is 2.00 bits per heavy atom. The molecule has 0 saturated carbocycles. The molecule has 22 heavy (non-hydrogen) atoms. The molecule has 126 valence electrons. The quantitative estimate of drug-likeness (QED) is 0.496. The summed E-state index contributed by atoms with van der Waals surface area (Å²) in [6, 6.07) is 3.22. The molecule has 0 atom stereocenters. The maximum atomic E-state index is 14.1. The van der Waals surface area contributed by atoms with E-state index in [1.807, 2.05) is 0 Å². The highest BCUT2D eigenvalue weighted by Crippen LogP contribution is 2.37. The summed E-state index contributed by atoms with van der Waals surface area (Å²) in [6.45, 7) is 4.02. The van der Waals surface area contributed by atoms with Crippen molar-refractivity contribution in [2.24, 2.45) is 0 Å². The normalized spacial score (nSPS) is 12.9. The molecule has 2 nitrogen and oxygen atoms in total. The molecule has 0 N–H and O–H groups in total. The molecule has 0 saturated heterocycles. The van der Waals surface area contributed by atoms with Crippen LogP contribution in [0.5, 0.6) is 0 Å². The van der Waals surface area contributed by atoms with Crippen molar-refractivity contribution in [3.63, 3.8) is 0 Å². The topological polar surface area (TPSA) is 18.5 Å². The number of alkyl halides is 5. The van der Waals surface area contributed by atoms with Crippen molar-refractivity contribution >= 4 is 0 Å². The lowest BCUT2D eigenvalue weighted by Gasteiger charge is -2.22. The SMILES string of the molecule is CCOC(CCC(F)(F)c1cccc(C(F)(F)F)c1)OCC. The van der Waals surface area contributed by atoms with Crippen molar-refractivity contribution in [3.8, 4) is 0 Å². The monoisotopic (exact) mass is 326 g/mol. The first-order valence-electron chi connectivity index (χ1n) is 6.99. The zero-order valence-corrected chi connectivity index (χ0v) is 12.4. The van der Waals surface area contributed by atoms with Crippen LogP contribution in [-0.4, -0.2) is 19.5 Å². The number of hydrogen-bond acceptors (Lipinski definition) is 2. The van der Waals surface area contributed by atoms with Gasteiger partial charge in [0.25, 0.3) is 5.92 Å². The Balaban J connectivity index is 2.81. The highest BCUT2D eigenvalue weighted by Gasteiger charge is 2.36. The molecule has 0 unspecified atom stereocenters. The molecule has 1 aromatic carbocycles. The van der Waals surface area contributed by atoms with Gasteiger partial charge in [0.2, 0.25) is 0 Å². The first kappa shape index (κ1) is 18.8. The van der Waals surface area contributed by atoms with E-state index in [0.717, 1.165) is 18.2 Å². The second-order valence-corrected chi connectivity index (χ2v) is 4.66. The van der Waals surface area contributed by atoms with E-state index in [2.05, 4.69) is 0 Å². The highest BCUT2D eigenvalue weighted by atomic mass is 19.4. The summed E-state index contributed by atoms with van der Waals surface area (Å²) in [7, 11) is 0. The fourth-order valence-electron chi connectivity index (χ4n) is 1.95. The van der Waals surface area contributed by atoms with Gasteiger partial charge in [-0.15, -0.1) is 0 Å². The summed E-state index contributed by atoms with van der Waals surface area (Å²) in [6.07, 6.45) is -6.19. The van der Waals surface area contributed by atoms with Crippen LogP contribution in [0.15, 0.2) is 24.3 Å². The van der Waals surface area contributed by atoms with E-state index in [1.165, 1.54) is 0 Å². The second kappa shape index (κ2) is 7.87. The van der Waals surface area contributed by atoms with Gasteiger partial charge in [0.05, 0.1) is 5.56 Å². The van der Waals surface area contributed by atoms with Crippen molar-refractivity contribution < 1.29 is 31.4 Å². The molecular weight excluding hydrogens is 307 g/mol. The average Bonchev–Trinajstić information content (AvgIpc) is 2.45. The molecule has 0 heterocycles. The van der Waals surface area contributed by atoms with Gasteiger partial charge in [-0.05, 0) is 26.0 Å². The van der Waals surface area contributed by atoms with Crippen molar-refractivity contribution in [1.82, 2.24) is 0 Å². The predicted molar refractivity (Wildman–Crippen MR) is 71.6 cm³/mol. The molecule has 1 rings (SSSR count). The van der Waals surface area contributed by atoms with E-state index in [-0.39, 0.29) is 6.42 Å². The number of hydrogen-bond donors (Lipinski definition) is 0. The van der Waals surface area contributed by atoms with Gasteiger partial charge >= 0.3 is 6.18 Å². The lowest BCUT2D eigenvalue weighted by Crippen LogP contribution is -2.22. The summed E-state index contributed by atoms with van der Waals surface area (Å²) >= 11 is 0. The fraction of sp³-hybridized carbons (Fsp3) is 0.600. The first-order valence-corrected chi connectivity index (χ1v) is 6.99. The van der Waals surface area contributed by atoms with E-state index in [1.54, 1.807) is 13.8 Å². The zero-order valence-electron chi connectivity index (χ0n) is 12.4. The molecular formula is C15H19F5O2. The molecule has 0 radical (unpaired) electrons. The van der Waals surface area contributed by atoms with Gasteiger partial charge in [-0.2, -0.15) is 13.2 Å². The molecule has 0 fully saturated rings. The summed E-state index contributed by atoms with van der Waals surface area (Å²) in [4.78, 5) is 0. The molecule has 1 aromatic rings. The Bertz CT molecular complexity index is 453. The van der Waals surface area contributed by atoms with E-state index >= 15 is 0 Å². The van der Waals surface area contributed by atoms with Gasteiger partial charge in [0.15, 0.2) is 6.29 Å².